The second-order valence-corrected chi connectivity index (χ2v) is 8.08. The van der Waals surface area contributed by atoms with Crippen molar-refractivity contribution in [2.24, 2.45) is 11.8 Å². The van der Waals surface area contributed by atoms with Crippen LogP contribution in [0.25, 0.3) is 6.08 Å². The molecule has 0 amide bonds. The van der Waals surface area contributed by atoms with Crippen LogP contribution in [0.5, 0.6) is 0 Å². The Morgan fingerprint density at radius 2 is 1.70 bits per heavy atom. The summed E-state index contributed by atoms with van der Waals surface area (Å²) in [5.74, 6) is 0.968. The molecule has 0 saturated carbocycles. The summed E-state index contributed by atoms with van der Waals surface area (Å²) in [4.78, 5) is 2.12. The smallest absolute Gasteiger partial charge is 0.0361 e. The summed E-state index contributed by atoms with van der Waals surface area (Å²) in [7, 11) is 4.13. The van der Waals surface area contributed by atoms with Crippen LogP contribution in [-0.4, -0.2) is 14.1 Å². The minimum Gasteiger partial charge on any atom is -0.378 e. The van der Waals surface area contributed by atoms with E-state index in [1.807, 2.05) is 0 Å². The Balaban J connectivity index is 1.86. The maximum absolute atomic E-state index is 2.45. The van der Waals surface area contributed by atoms with E-state index in [0.29, 0.717) is 11.8 Å². The second-order valence-electron chi connectivity index (χ2n) is 8.08. The lowest BCUT2D eigenvalue weighted by Crippen LogP contribution is -2.07. The third-order valence-corrected chi connectivity index (χ3v) is 5.45. The van der Waals surface area contributed by atoms with Crippen LogP contribution in [0.3, 0.4) is 0 Å². The van der Waals surface area contributed by atoms with Gasteiger partial charge in [0.25, 0.3) is 0 Å². The predicted molar refractivity (Wildman–Crippen MR) is 120 cm³/mol. The average Bonchev–Trinajstić information content (AvgIpc) is 2.82. The van der Waals surface area contributed by atoms with Crippen molar-refractivity contribution < 1.29 is 0 Å². The number of rotatable bonds is 4. The molecule has 1 nitrogen and oxygen atoms in total. The van der Waals surface area contributed by atoms with Gasteiger partial charge >= 0.3 is 0 Å². The first-order chi connectivity index (χ1) is 12.9. The zero-order valence-corrected chi connectivity index (χ0v) is 17.5. The van der Waals surface area contributed by atoms with Gasteiger partial charge in [0.2, 0.25) is 0 Å². The molecule has 0 spiro atoms. The lowest BCUT2D eigenvalue weighted by atomic mass is 9.90. The first kappa shape index (κ1) is 19.2. The Kier molecular flexibility index (Phi) is 5.70. The van der Waals surface area contributed by atoms with E-state index < -0.39 is 0 Å². The monoisotopic (exact) mass is 357 g/mol. The molecule has 27 heavy (non-hydrogen) atoms. The largest absolute Gasteiger partial charge is 0.378 e. The Morgan fingerprint density at radius 3 is 2.33 bits per heavy atom. The number of nitrogens with zero attached hydrogens (tertiary/aromatic N) is 1. The van der Waals surface area contributed by atoms with Gasteiger partial charge in [-0.05, 0) is 59.8 Å². The molecule has 1 aromatic carbocycles. The molecule has 1 heteroatoms. The van der Waals surface area contributed by atoms with Crippen molar-refractivity contribution >= 4 is 11.8 Å². The lowest BCUT2D eigenvalue weighted by Gasteiger charge is -2.14. The maximum Gasteiger partial charge on any atom is 0.0361 e. The standard InChI is InChI=1S/C26H31N/c1-18(2)22-13-10-19(3)26-23(16-20(4)25(26)17-22)9-7-8-21-11-14-24(15-12-21)27(5)6/h7-18,25H,1-6H3/b8-7+,23-9+. The van der Waals surface area contributed by atoms with Gasteiger partial charge in [0.15, 0.2) is 0 Å². The van der Waals surface area contributed by atoms with Crippen LogP contribution in [0.4, 0.5) is 5.69 Å². The maximum atomic E-state index is 2.45. The van der Waals surface area contributed by atoms with E-state index in [9.17, 15) is 0 Å². The molecule has 1 aromatic rings. The van der Waals surface area contributed by atoms with E-state index in [1.54, 1.807) is 0 Å². The Hall–Kier alpha value is -2.54. The summed E-state index contributed by atoms with van der Waals surface area (Å²) >= 11 is 0. The number of fused-ring (bicyclic) bond motifs is 1. The third-order valence-electron chi connectivity index (χ3n) is 5.45. The Labute approximate surface area is 164 Å². The molecule has 0 N–H and O–H groups in total. The van der Waals surface area contributed by atoms with Crippen LogP contribution >= 0.6 is 0 Å². The van der Waals surface area contributed by atoms with Gasteiger partial charge < -0.3 is 4.90 Å². The minimum absolute atomic E-state index is 0.413. The number of hydrogen-bond acceptors (Lipinski definition) is 1. The topological polar surface area (TPSA) is 3.24 Å². The number of allylic oxidation sites excluding steroid dienone is 11. The Morgan fingerprint density at radius 1 is 1.00 bits per heavy atom. The molecule has 0 aromatic heterocycles. The van der Waals surface area contributed by atoms with Crippen LogP contribution in [0.1, 0.15) is 33.3 Å². The zero-order valence-electron chi connectivity index (χ0n) is 17.5. The van der Waals surface area contributed by atoms with Gasteiger partial charge in [-0.2, -0.15) is 0 Å². The average molecular weight is 358 g/mol. The van der Waals surface area contributed by atoms with Crippen LogP contribution < -0.4 is 4.90 Å². The molecule has 3 rings (SSSR count). The van der Waals surface area contributed by atoms with Crippen LogP contribution in [0.15, 0.2) is 88.6 Å². The molecule has 0 fully saturated rings. The highest BCUT2D eigenvalue weighted by Crippen LogP contribution is 2.41. The van der Waals surface area contributed by atoms with E-state index >= 15 is 0 Å². The summed E-state index contributed by atoms with van der Waals surface area (Å²) in [6, 6.07) is 8.64. The molecular formula is C26H31N. The van der Waals surface area contributed by atoms with Crippen LogP contribution in [-0.2, 0) is 0 Å². The minimum atomic E-state index is 0.413. The molecule has 0 aliphatic heterocycles. The summed E-state index contributed by atoms with van der Waals surface area (Å²) in [6.07, 6.45) is 16.0. The summed E-state index contributed by atoms with van der Waals surface area (Å²) in [6.45, 7) is 9.03. The zero-order chi connectivity index (χ0) is 19.6. The van der Waals surface area contributed by atoms with Crippen molar-refractivity contribution in [3.8, 4) is 0 Å². The highest BCUT2D eigenvalue weighted by molar-refractivity contribution is 5.63. The fourth-order valence-electron chi connectivity index (χ4n) is 3.74. The van der Waals surface area contributed by atoms with Crippen molar-refractivity contribution in [3.63, 3.8) is 0 Å². The van der Waals surface area contributed by atoms with Crippen molar-refractivity contribution in [1.82, 2.24) is 0 Å². The molecule has 140 valence electrons. The number of hydrogen-bond donors (Lipinski definition) is 0. The van der Waals surface area contributed by atoms with Gasteiger partial charge in [-0.15, -0.1) is 0 Å². The number of anilines is 1. The van der Waals surface area contributed by atoms with Crippen LogP contribution in [0.2, 0.25) is 0 Å². The van der Waals surface area contributed by atoms with Gasteiger partial charge in [0.05, 0.1) is 0 Å². The highest BCUT2D eigenvalue weighted by atomic mass is 15.1. The molecular weight excluding hydrogens is 326 g/mol. The quantitative estimate of drug-likeness (QED) is 0.577. The molecule has 1 unspecified atom stereocenters. The summed E-state index contributed by atoms with van der Waals surface area (Å²) in [5.41, 5.74) is 9.47. The van der Waals surface area contributed by atoms with Crippen molar-refractivity contribution in [3.05, 3.63) is 94.2 Å². The predicted octanol–water partition coefficient (Wildman–Crippen LogP) is 6.74. The second kappa shape index (κ2) is 8.00. The molecule has 2 aliphatic carbocycles. The lowest BCUT2D eigenvalue weighted by molar-refractivity contribution is 0.775. The fraction of sp³-hybridized carbons (Fsp3) is 0.308. The highest BCUT2D eigenvalue weighted by Gasteiger charge is 2.26. The first-order valence-electron chi connectivity index (χ1n) is 9.81. The van der Waals surface area contributed by atoms with Crippen molar-refractivity contribution in [1.29, 1.82) is 0 Å². The molecule has 1 atom stereocenters. The summed E-state index contributed by atoms with van der Waals surface area (Å²) < 4.78 is 0. The number of benzene rings is 1. The van der Waals surface area contributed by atoms with Gasteiger partial charge in [-0.25, -0.2) is 0 Å². The van der Waals surface area contributed by atoms with Gasteiger partial charge in [0, 0.05) is 25.7 Å². The van der Waals surface area contributed by atoms with E-state index in [2.05, 4.69) is 113 Å². The fourth-order valence-corrected chi connectivity index (χ4v) is 3.74. The molecule has 0 saturated heterocycles. The van der Waals surface area contributed by atoms with Crippen LogP contribution in [0, 0.1) is 11.8 Å². The molecule has 0 radical (unpaired) electrons. The molecule has 2 aliphatic rings. The van der Waals surface area contributed by atoms with Crippen molar-refractivity contribution in [2.75, 3.05) is 19.0 Å². The summed E-state index contributed by atoms with van der Waals surface area (Å²) in [5, 5.41) is 0. The Bertz CT molecular complexity index is 881. The van der Waals surface area contributed by atoms with E-state index in [4.69, 9.17) is 0 Å². The van der Waals surface area contributed by atoms with E-state index in [0.717, 1.165) is 0 Å². The normalized spacial score (nSPS) is 21.0. The molecule has 0 bridgehead atoms. The van der Waals surface area contributed by atoms with Crippen molar-refractivity contribution in [2.45, 2.75) is 27.7 Å². The SMILES string of the molecule is CC1=C/C(=C\C=C\c2ccc(N(C)C)cc2)C2=C(C)C=CC(C(C)C)=CC12. The van der Waals surface area contributed by atoms with Gasteiger partial charge in [0.1, 0.15) is 0 Å². The van der Waals surface area contributed by atoms with E-state index in [1.165, 1.54) is 39.1 Å². The first-order valence-corrected chi connectivity index (χ1v) is 9.81. The third kappa shape index (κ3) is 4.24. The van der Waals surface area contributed by atoms with E-state index in [-0.39, 0.29) is 0 Å². The van der Waals surface area contributed by atoms with Gasteiger partial charge in [-0.3, -0.25) is 0 Å². The van der Waals surface area contributed by atoms with Gasteiger partial charge in [-0.1, -0.05) is 74.1 Å². The molecule has 0 heterocycles.